The van der Waals surface area contributed by atoms with Gasteiger partial charge in [0, 0.05) is 20.8 Å². The van der Waals surface area contributed by atoms with Crippen molar-refractivity contribution in [1.82, 2.24) is 16.0 Å². The summed E-state index contributed by atoms with van der Waals surface area (Å²) in [5.74, 6) is -2.68. The summed E-state index contributed by atoms with van der Waals surface area (Å²) in [5, 5.41) is 160. The summed E-state index contributed by atoms with van der Waals surface area (Å²) >= 11 is 0. The molecule has 3 amide bonds. The Morgan fingerprint density at radius 1 is 0.398 bits per heavy atom. The fourth-order valence-electron chi connectivity index (χ4n) is 9.84. The predicted molar refractivity (Wildman–Crippen MR) is 253 cm³/mol. The van der Waals surface area contributed by atoms with Crippen LogP contribution in [0.15, 0.2) is 0 Å². The van der Waals surface area contributed by atoms with Crippen molar-refractivity contribution in [3.05, 3.63) is 0 Å². The fourth-order valence-corrected chi connectivity index (χ4v) is 10.5. The zero-order valence-electron chi connectivity index (χ0n) is 44.0. The number of aliphatic hydroxyl groups excluding tert-OH is 14. The van der Waals surface area contributed by atoms with E-state index in [0.29, 0.717) is 0 Å². The first-order chi connectivity index (χ1) is 38.7. The first-order valence-electron chi connectivity index (χ1n) is 25.3. The lowest BCUT2D eigenvalue weighted by Crippen LogP contribution is -2.71. The van der Waals surface area contributed by atoms with Crippen LogP contribution in [0, 0.1) is 0 Å². The van der Waals surface area contributed by atoms with Crippen molar-refractivity contribution < 1.29 is 172 Å². The largest absolute Gasteiger partial charge is 0.397 e. The molecule has 482 valence electrons. The van der Waals surface area contributed by atoms with E-state index in [0.717, 1.165) is 20.8 Å². The Morgan fingerprint density at radius 2 is 0.783 bits per heavy atom. The van der Waals surface area contributed by atoms with Gasteiger partial charge in [-0.2, -0.15) is 16.8 Å². The smallest absolute Gasteiger partial charge is 0.394 e. The van der Waals surface area contributed by atoms with Gasteiger partial charge in [0.25, 0.3) is 0 Å². The highest BCUT2D eigenvalue weighted by Gasteiger charge is 2.58. The standard InChI is InChI=1S/C42H71N3O36S2/c1-10-22(51)27(56)30(59)40(72-10)81-36-21(45-13(4)50)38(74-15(6-47)34(36)79-42-32(61)29(58)24(53)18(77-42)9-71-83(66,67)68)69-7-16-25(54)35(20(37(62)73-16)44-12(3)49)80-39-19(43-11(2)48)26(55)33(14(5-46)75-39)78-41-31(60)28(57)23(52)17(76-41)8-70-82(63,64)65/h10,14-42,46-47,51-62H,5-9H2,1-4H3,(H,43,48)(H,44,49)(H,45,50)(H,63,64,65)(H,66,67,68)/t10-,14+,15+,16+,17+,18+,19+,20+,21+,22+,23-,24-,25-,26+,27+,28-,29-,30-,31+,32+,33+,34+,35+,36+,37-,38+,39-,40-,41-,42-/m0/s1. The van der Waals surface area contributed by atoms with Crippen LogP contribution in [0.5, 0.6) is 0 Å². The van der Waals surface area contributed by atoms with Gasteiger partial charge in [0.15, 0.2) is 37.7 Å². The summed E-state index contributed by atoms with van der Waals surface area (Å²) in [5.41, 5.74) is 0. The number of rotatable bonds is 22. The van der Waals surface area contributed by atoms with E-state index in [2.05, 4.69) is 24.3 Å². The van der Waals surface area contributed by atoms with Gasteiger partial charge in [-0.1, -0.05) is 0 Å². The SMILES string of the molecule is CC(=O)N[C@@H]1[C@@H](O[C@@H]2O[C@H](CO)[C@@H](O[C@@H]3O[C@H](COS(=O)(=O)O)[C@H](O)[C@H](O)[C@H]3O)[C@H](O)[C@H]2NC(C)=O)[C@@H](O)[C@@H](CO[C@@H]2O[C@H](CO)[C@@H](O[C@@H]3O[C@H](COS(=O)(=O)O)[C@H](O)[C@H](O)[C@H]3O)[C@H](O[C@@H]3O[C@@H](C)[C@@H](O)[C@@H](O)[C@@H]3O)[C@H]2NC(C)=O)O[C@@H]1O. The lowest BCUT2D eigenvalue weighted by atomic mass is 9.93. The molecule has 19 N–H and O–H groups in total. The summed E-state index contributed by atoms with van der Waals surface area (Å²) in [4.78, 5) is 38.2. The summed E-state index contributed by atoms with van der Waals surface area (Å²) in [6.07, 6.45) is -53.7. The van der Waals surface area contributed by atoms with Crippen molar-refractivity contribution in [3.8, 4) is 0 Å². The van der Waals surface area contributed by atoms with Gasteiger partial charge < -0.3 is 140 Å². The quantitative estimate of drug-likeness (QED) is 0.0448. The fraction of sp³-hybridized carbons (Fsp3) is 0.929. The molecule has 0 aliphatic carbocycles. The molecule has 0 aromatic heterocycles. The Kier molecular flexibility index (Phi) is 24.2. The Labute approximate surface area is 470 Å². The van der Waals surface area contributed by atoms with Crippen LogP contribution < -0.4 is 16.0 Å². The van der Waals surface area contributed by atoms with Crippen molar-refractivity contribution in [2.24, 2.45) is 0 Å². The topological polar surface area (TPSA) is 599 Å². The molecule has 0 aromatic rings. The zero-order chi connectivity index (χ0) is 61.9. The van der Waals surface area contributed by atoms with Gasteiger partial charge >= 0.3 is 20.8 Å². The van der Waals surface area contributed by atoms with Gasteiger partial charge in [0.05, 0.1) is 39.1 Å². The van der Waals surface area contributed by atoms with Gasteiger partial charge in [-0.3, -0.25) is 23.5 Å². The van der Waals surface area contributed by atoms with Crippen LogP contribution in [0.25, 0.3) is 0 Å². The first kappa shape index (κ1) is 69.3. The molecule has 0 unspecified atom stereocenters. The van der Waals surface area contributed by atoms with Gasteiger partial charge in [-0.15, -0.1) is 0 Å². The van der Waals surface area contributed by atoms with Gasteiger partial charge in [-0.25, -0.2) is 8.37 Å². The molecule has 6 fully saturated rings. The van der Waals surface area contributed by atoms with Crippen LogP contribution in [-0.2, 0) is 95.7 Å². The van der Waals surface area contributed by atoms with Crippen molar-refractivity contribution >= 4 is 38.5 Å². The highest BCUT2D eigenvalue weighted by atomic mass is 32.3. The van der Waals surface area contributed by atoms with E-state index in [1.165, 1.54) is 6.92 Å². The molecule has 0 aromatic carbocycles. The Balaban J connectivity index is 1.28. The molecule has 0 spiro atoms. The zero-order valence-corrected chi connectivity index (χ0v) is 45.6. The van der Waals surface area contributed by atoms with Crippen LogP contribution in [0.3, 0.4) is 0 Å². The molecule has 6 rings (SSSR count). The summed E-state index contributed by atoms with van der Waals surface area (Å²) in [6.45, 7) is -1.38. The van der Waals surface area contributed by atoms with Crippen LogP contribution >= 0.6 is 0 Å². The van der Waals surface area contributed by atoms with E-state index >= 15 is 0 Å². The third kappa shape index (κ3) is 17.1. The van der Waals surface area contributed by atoms with Crippen molar-refractivity contribution in [3.63, 3.8) is 0 Å². The maximum atomic E-state index is 13.0. The number of aliphatic hydroxyl groups is 14. The molecule has 0 bridgehead atoms. The van der Waals surface area contributed by atoms with Crippen molar-refractivity contribution in [2.45, 2.75) is 212 Å². The monoisotopic (exact) mass is 1260 g/mol. The molecule has 0 radical (unpaired) electrons. The van der Waals surface area contributed by atoms with E-state index in [9.17, 15) is 103 Å². The minimum absolute atomic E-state index is 0.870. The normalized spacial score (nSPS) is 45.5. The minimum Gasteiger partial charge on any atom is -0.394 e. The second kappa shape index (κ2) is 29.0. The number of nitrogens with one attached hydrogen (secondary N) is 3. The van der Waals surface area contributed by atoms with Gasteiger partial charge in [0.2, 0.25) is 17.7 Å². The molecule has 6 aliphatic heterocycles. The van der Waals surface area contributed by atoms with Crippen LogP contribution in [0.1, 0.15) is 27.7 Å². The number of carbonyl (C=O) groups excluding carboxylic acids is 3. The van der Waals surface area contributed by atoms with Gasteiger partial charge in [0.1, 0.15) is 140 Å². The Hall–Kier alpha value is -2.85. The molecule has 6 aliphatic rings. The van der Waals surface area contributed by atoms with Crippen LogP contribution in [0.4, 0.5) is 0 Å². The number of amides is 3. The highest BCUT2D eigenvalue weighted by molar-refractivity contribution is 7.81. The summed E-state index contributed by atoms with van der Waals surface area (Å²) < 4.78 is 136. The van der Waals surface area contributed by atoms with E-state index in [-0.39, 0.29) is 0 Å². The molecule has 83 heavy (non-hydrogen) atoms. The minimum atomic E-state index is -5.19. The third-order valence-electron chi connectivity index (χ3n) is 14.0. The average molecular weight is 1260 g/mol. The van der Waals surface area contributed by atoms with Crippen molar-refractivity contribution in [2.75, 3.05) is 33.0 Å². The molecule has 6 saturated heterocycles. The van der Waals surface area contributed by atoms with Crippen LogP contribution in [-0.4, -0.2) is 332 Å². The number of hydrogen-bond acceptors (Lipinski definition) is 34. The molecule has 30 atom stereocenters. The van der Waals surface area contributed by atoms with E-state index < -0.39 is 256 Å². The summed E-state index contributed by atoms with van der Waals surface area (Å²) in [6, 6.07) is -5.46. The highest BCUT2D eigenvalue weighted by Crippen LogP contribution is 2.37. The van der Waals surface area contributed by atoms with Crippen molar-refractivity contribution in [1.29, 1.82) is 0 Å². The number of ether oxygens (including phenoxy) is 11. The first-order valence-corrected chi connectivity index (χ1v) is 28.0. The Morgan fingerprint density at radius 3 is 1.27 bits per heavy atom. The predicted octanol–water partition coefficient (Wildman–Crippen LogP) is -13.0. The second-order valence-corrected chi connectivity index (χ2v) is 22.2. The van der Waals surface area contributed by atoms with E-state index in [1.54, 1.807) is 0 Å². The average Bonchev–Trinajstić information content (AvgIpc) is 2.99. The molecular weight excluding hydrogens is 1190 g/mol. The maximum absolute atomic E-state index is 13.0. The maximum Gasteiger partial charge on any atom is 0.397 e. The second-order valence-electron chi connectivity index (χ2n) is 20.0. The third-order valence-corrected chi connectivity index (χ3v) is 14.8. The summed E-state index contributed by atoms with van der Waals surface area (Å²) in [7, 11) is -10.3. The van der Waals surface area contributed by atoms with Gasteiger partial charge in [-0.05, 0) is 6.92 Å². The molecule has 41 heteroatoms. The van der Waals surface area contributed by atoms with E-state index in [4.69, 9.17) is 61.2 Å². The van der Waals surface area contributed by atoms with E-state index in [1.807, 2.05) is 0 Å². The molecule has 0 saturated carbocycles. The molecule has 6 heterocycles. The lowest BCUT2D eigenvalue weighted by molar-refractivity contribution is -0.376. The molecule has 39 nitrogen and oxygen atoms in total. The van der Waals surface area contributed by atoms with Crippen LogP contribution in [0.2, 0.25) is 0 Å². The lowest BCUT2D eigenvalue weighted by Gasteiger charge is -2.51. The Bertz CT molecular complexity index is 2370. The number of hydrogen-bond donors (Lipinski definition) is 19. The number of carbonyl (C=O) groups is 3. The molecular formula is C42H71N3O36S2.